The summed E-state index contributed by atoms with van der Waals surface area (Å²) < 4.78 is 32.5. The molecule has 3 aromatic rings. The minimum atomic E-state index is -0.821. The van der Waals surface area contributed by atoms with Crippen LogP contribution in [0.2, 0.25) is 0 Å². The molecule has 2 aliphatic rings. The predicted octanol–water partition coefficient (Wildman–Crippen LogP) is 2.66. The van der Waals surface area contributed by atoms with E-state index in [2.05, 4.69) is 30.7 Å². The Kier molecular flexibility index (Phi) is 6.48. The molecule has 0 spiro atoms. The van der Waals surface area contributed by atoms with Crippen LogP contribution in [0.4, 0.5) is 8.78 Å². The molecule has 11 heteroatoms. The van der Waals surface area contributed by atoms with Crippen molar-refractivity contribution in [1.82, 2.24) is 30.7 Å². The summed E-state index contributed by atoms with van der Waals surface area (Å²) in [4.78, 5) is 37.2. The number of nitrogens with one attached hydrogen (secondary N) is 2. The van der Waals surface area contributed by atoms with Crippen molar-refractivity contribution in [2.24, 2.45) is 5.92 Å². The summed E-state index contributed by atoms with van der Waals surface area (Å²) in [7, 11) is 0. The van der Waals surface area contributed by atoms with Crippen LogP contribution < -0.4 is 10.6 Å². The third-order valence-electron chi connectivity index (χ3n) is 6.84. The first kappa shape index (κ1) is 24.0. The van der Waals surface area contributed by atoms with E-state index < -0.39 is 35.0 Å². The number of rotatable bonds is 7. The lowest BCUT2D eigenvalue weighted by molar-refractivity contribution is -0.128. The number of carbonyl (C=O) groups excluding carboxylic acids is 2. The molecule has 188 valence electrons. The molecule has 2 atom stereocenters. The molecule has 1 aliphatic carbocycles. The van der Waals surface area contributed by atoms with Crippen molar-refractivity contribution in [1.29, 1.82) is 0 Å². The molecule has 2 fully saturated rings. The summed E-state index contributed by atoms with van der Waals surface area (Å²) in [5.41, 5.74) is -0.627. The number of benzene rings is 1. The van der Waals surface area contributed by atoms with Crippen LogP contribution in [0.1, 0.15) is 42.5 Å². The van der Waals surface area contributed by atoms with E-state index in [1.807, 2.05) is 6.92 Å². The molecule has 1 aliphatic heterocycles. The summed E-state index contributed by atoms with van der Waals surface area (Å²) >= 11 is 0. The van der Waals surface area contributed by atoms with Crippen molar-refractivity contribution in [3.05, 3.63) is 65.9 Å². The maximum atomic E-state index is 14.1. The van der Waals surface area contributed by atoms with Crippen LogP contribution in [0, 0.1) is 17.6 Å². The van der Waals surface area contributed by atoms with Crippen molar-refractivity contribution in [3.63, 3.8) is 0 Å². The van der Waals surface area contributed by atoms with Gasteiger partial charge in [-0.1, -0.05) is 12.1 Å². The fraction of sp³-hybridized carbons (Fsp3) is 0.400. The van der Waals surface area contributed by atoms with Crippen molar-refractivity contribution in [2.75, 3.05) is 19.6 Å². The summed E-state index contributed by atoms with van der Waals surface area (Å²) in [6.07, 6.45) is 5.39. The molecule has 2 aromatic heterocycles. The first-order valence-electron chi connectivity index (χ1n) is 11.9. The Morgan fingerprint density at radius 1 is 1.19 bits per heavy atom. The van der Waals surface area contributed by atoms with E-state index in [1.165, 1.54) is 12.1 Å². The number of aromatic nitrogens is 3. The minimum absolute atomic E-state index is 0.00526. The molecule has 3 heterocycles. The van der Waals surface area contributed by atoms with Crippen LogP contribution in [0.15, 0.2) is 47.2 Å². The zero-order valence-electron chi connectivity index (χ0n) is 19.7. The third-order valence-corrected chi connectivity index (χ3v) is 6.84. The minimum Gasteiger partial charge on any atom is -0.355 e. The molecule has 2 amide bonds. The van der Waals surface area contributed by atoms with Gasteiger partial charge in [-0.2, -0.15) is 0 Å². The van der Waals surface area contributed by atoms with E-state index in [9.17, 15) is 18.4 Å². The summed E-state index contributed by atoms with van der Waals surface area (Å²) in [5, 5.41) is 9.80. The highest BCUT2D eigenvalue weighted by atomic mass is 19.1. The number of carbonyl (C=O) groups is 2. The molecular formula is C25H26F2N6O3. The second-order valence-corrected chi connectivity index (χ2v) is 9.21. The van der Waals surface area contributed by atoms with Crippen molar-refractivity contribution in [3.8, 4) is 11.3 Å². The van der Waals surface area contributed by atoms with E-state index >= 15 is 0 Å². The third kappa shape index (κ3) is 4.83. The molecule has 36 heavy (non-hydrogen) atoms. The van der Waals surface area contributed by atoms with Crippen molar-refractivity contribution in [2.45, 2.75) is 37.8 Å². The monoisotopic (exact) mass is 496 g/mol. The Hall–Kier alpha value is -3.73. The van der Waals surface area contributed by atoms with Crippen molar-refractivity contribution >= 4 is 11.8 Å². The van der Waals surface area contributed by atoms with Gasteiger partial charge in [0.1, 0.15) is 11.6 Å². The molecule has 0 unspecified atom stereocenters. The number of likely N-dealkylation sites (tertiary alicyclic amines) is 1. The van der Waals surface area contributed by atoms with Gasteiger partial charge in [-0.25, -0.2) is 18.7 Å². The number of hydrogen-bond donors (Lipinski definition) is 2. The molecule has 0 bridgehead atoms. The second kappa shape index (κ2) is 9.73. The Bertz CT molecular complexity index is 1260. The van der Waals surface area contributed by atoms with Gasteiger partial charge in [-0.15, -0.1) is 0 Å². The fourth-order valence-corrected chi connectivity index (χ4v) is 4.59. The molecule has 5 rings (SSSR count). The fourth-order valence-electron chi connectivity index (χ4n) is 4.59. The Morgan fingerprint density at radius 3 is 2.67 bits per heavy atom. The topological polar surface area (TPSA) is 113 Å². The average molecular weight is 497 g/mol. The molecule has 1 saturated carbocycles. The summed E-state index contributed by atoms with van der Waals surface area (Å²) in [6, 6.07) is 5.64. The van der Waals surface area contributed by atoms with Gasteiger partial charge in [0.15, 0.2) is 17.3 Å². The maximum absolute atomic E-state index is 14.1. The quantitative estimate of drug-likeness (QED) is 0.517. The highest BCUT2D eigenvalue weighted by molar-refractivity contribution is 5.94. The summed E-state index contributed by atoms with van der Waals surface area (Å²) in [5.74, 6) is -2.15. The Balaban J connectivity index is 1.30. The molecule has 2 N–H and O–H groups in total. The second-order valence-electron chi connectivity index (χ2n) is 9.21. The standard InChI is InChI=1S/C25H26F2N6O3/c1-2-33-11-6-19(17(14-33)22(34)31-25(7-8-25)24-28-9-3-10-29-24)30-23(35)20-13-21(36-32-20)16-5-4-15(26)12-18(16)27/h3-5,9-10,12-13,17,19H,2,6-8,11,14H2,1H3,(H,30,35)(H,31,34)/t17-,19-/m0/s1. The highest BCUT2D eigenvalue weighted by Gasteiger charge is 2.50. The van der Waals surface area contributed by atoms with Crippen LogP contribution in [0.3, 0.4) is 0 Å². The van der Waals surface area contributed by atoms with E-state index in [1.54, 1.807) is 18.5 Å². The average Bonchev–Trinajstić information content (AvgIpc) is 3.49. The van der Waals surface area contributed by atoms with Gasteiger partial charge < -0.3 is 20.1 Å². The Morgan fingerprint density at radius 2 is 1.97 bits per heavy atom. The molecular weight excluding hydrogens is 470 g/mol. The molecule has 0 radical (unpaired) electrons. The van der Waals surface area contributed by atoms with Gasteiger partial charge in [0.25, 0.3) is 5.91 Å². The summed E-state index contributed by atoms with van der Waals surface area (Å²) in [6.45, 7) is 4.03. The predicted molar refractivity (Wildman–Crippen MR) is 124 cm³/mol. The number of halogens is 2. The van der Waals surface area contributed by atoms with Gasteiger partial charge in [-0.3, -0.25) is 9.59 Å². The van der Waals surface area contributed by atoms with E-state index in [0.717, 1.165) is 38.1 Å². The van der Waals surface area contributed by atoms with Gasteiger partial charge in [-0.05, 0) is 44.0 Å². The number of nitrogens with zero attached hydrogens (tertiary/aromatic N) is 4. The van der Waals surface area contributed by atoms with Crippen LogP contribution in [-0.2, 0) is 10.3 Å². The van der Waals surface area contributed by atoms with Crippen LogP contribution in [-0.4, -0.2) is 57.5 Å². The van der Waals surface area contributed by atoms with Crippen LogP contribution in [0.25, 0.3) is 11.3 Å². The van der Waals surface area contributed by atoms with Gasteiger partial charge in [0, 0.05) is 43.7 Å². The Labute approximate surface area is 206 Å². The lowest BCUT2D eigenvalue weighted by Crippen LogP contribution is -2.57. The van der Waals surface area contributed by atoms with Gasteiger partial charge in [0.2, 0.25) is 5.91 Å². The maximum Gasteiger partial charge on any atom is 0.273 e. The SMILES string of the molecule is CCN1CC[C@H](NC(=O)c2cc(-c3ccc(F)cc3F)on2)[C@@H](C(=O)NC2(c3ncccn3)CC2)C1. The first-order valence-corrected chi connectivity index (χ1v) is 11.9. The van der Waals surface area contributed by atoms with Crippen molar-refractivity contribution < 1.29 is 22.9 Å². The zero-order chi connectivity index (χ0) is 25.3. The molecule has 1 aromatic carbocycles. The number of piperidine rings is 1. The molecule has 9 nitrogen and oxygen atoms in total. The number of amides is 2. The normalized spacial score (nSPS) is 21.1. The largest absolute Gasteiger partial charge is 0.355 e. The zero-order valence-corrected chi connectivity index (χ0v) is 19.7. The van der Waals surface area contributed by atoms with E-state index in [0.29, 0.717) is 18.8 Å². The molecule has 1 saturated heterocycles. The van der Waals surface area contributed by atoms with Gasteiger partial charge >= 0.3 is 0 Å². The smallest absolute Gasteiger partial charge is 0.273 e. The van der Waals surface area contributed by atoms with Gasteiger partial charge in [0.05, 0.1) is 17.0 Å². The highest BCUT2D eigenvalue weighted by Crippen LogP contribution is 2.44. The number of hydrogen-bond acceptors (Lipinski definition) is 7. The van der Waals surface area contributed by atoms with E-state index in [4.69, 9.17) is 4.52 Å². The van der Waals surface area contributed by atoms with Crippen LogP contribution in [0.5, 0.6) is 0 Å². The first-order chi connectivity index (χ1) is 17.4. The van der Waals surface area contributed by atoms with Crippen LogP contribution >= 0.6 is 0 Å². The lowest BCUT2D eigenvalue weighted by Gasteiger charge is -2.38. The van der Waals surface area contributed by atoms with E-state index in [-0.39, 0.29) is 22.9 Å². The lowest BCUT2D eigenvalue weighted by atomic mass is 9.90.